The fraction of sp³-hybridized carbons (Fsp3) is 0.111. The Balaban J connectivity index is 1.81. The number of nitrogens with one attached hydrogen (secondary N) is 2. The molecule has 0 unspecified atom stereocenters. The van der Waals surface area contributed by atoms with Gasteiger partial charge in [0.2, 0.25) is 10.0 Å². The van der Waals surface area contributed by atoms with Crippen molar-refractivity contribution in [2.45, 2.75) is 0 Å². The van der Waals surface area contributed by atoms with E-state index in [1.807, 2.05) is 0 Å². The average Bonchev–Trinajstić information content (AvgIpc) is 2.96. The van der Waals surface area contributed by atoms with Crippen molar-refractivity contribution in [2.75, 3.05) is 16.3 Å². The maximum atomic E-state index is 13.1. The summed E-state index contributed by atoms with van der Waals surface area (Å²) in [5.74, 6) is -0.759. The minimum absolute atomic E-state index is 0.302. The Hall–Kier alpha value is -3.20. The molecule has 2 N–H and O–H groups in total. The van der Waals surface area contributed by atoms with Crippen LogP contribution in [0.25, 0.3) is 11.3 Å². The summed E-state index contributed by atoms with van der Waals surface area (Å²) in [6, 6.07) is 13.8. The highest BCUT2D eigenvalue weighted by Crippen LogP contribution is 2.21. The van der Waals surface area contributed by atoms with E-state index < -0.39 is 15.9 Å². The van der Waals surface area contributed by atoms with Crippen molar-refractivity contribution in [1.82, 2.24) is 9.78 Å². The van der Waals surface area contributed by atoms with Gasteiger partial charge >= 0.3 is 0 Å². The van der Waals surface area contributed by atoms with Crippen LogP contribution in [0.1, 0.15) is 10.5 Å². The van der Waals surface area contributed by atoms with Gasteiger partial charge in [-0.25, -0.2) is 12.8 Å². The van der Waals surface area contributed by atoms with Gasteiger partial charge in [0.1, 0.15) is 11.5 Å². The van der Waals surface area contributed by atoms with Gasteiger partial charge < -0.3 is 5.32 Å². The number of aromatic nitrogens is 2. The van der Waals surface area contributed by atoms with Crippen LogP contribution in [0.5, 0.6) is 0 Å². The Kier molecular flexibility index (Phi) is 4.95. The van der Waals surface area contributed by atoms with Crippen molar-refractivity contribution in [1.29, 1.82) is 0 Å². The minimum Gasteiger partial charge on any atom is -0.321 e. The van der Waals surface area contributed by atoms with Crippen molar-refractivity contribution in [3.05, 3.63) is 66.1 Å². The topological polar surface area (TPSA) is 93.1 Å². The first kappa shape index (κ1) is 18.6. The number of amides is 1. The van der Waals surface area contributed by atoms with E-state index in [9.17, 15) is 17.6 Å². The molecule has 0 aliphatic heterocycles. The van der Waals surface area contributed by atoms with Crippen LogP contribution in [0.2, 0.25) is 0 Å². The number of hydrogen-bond donors (Lipinski definition) is 2. The van der Waals surface area contributed by atoms with Crippen LogP contribution in [-0.4, -0.2) is 30.4 Å². The van der Waals surface area contributed by atoms with Gasteiger partial charge in [-0.05, 0) is 48.5 Å². The fourth-order valence-electron chi connectivity index (χ4n) is 2.51. The third-order valence-corrected chi connectivity index (χ3v) is 4.28. The molecule has 0 aliphatic carbocycles. The number of anilines is 2. The van der Waals surface area contributed by atoms with Crippen LogP contribution >= 0.6 is 0 Å². The number of rotatable bonds is 5. The lowest BCUT2D eigenvalue weighted by Gasteiger charge is -2.08. The molecule has 3 rings (SSSR count). The van der Waals surface area contributed by atoms with Crippen LogP contribution in [-0.2, 0) is 17.1 Å². The van der Waals surface area contributed by atoms with Crippen LogP contribution in [0.4, 0.5) is 15.8 Å². The summed E-state index contributed by atoms with van der Waals surface area (Å²) < 4.78 is 39.5. The summed E-state index contributed by atoms with van der Waals surface area (Å²) in [7, 11) is -1.79. The number of carbonyl (C=O) groups is 1. The second kappa shape index (κ2) is 7.20. The van der Waals surface area contributed by atoms with Crippen LogP contribution in [0.3, 0.4) is 0 Å². The van der Waals surface area contributed by atoms with E-state index in [4.69, 9.17) is 0 Å². The van der Waals surface area contributed by atoms with Gasteiger partial charge in [0, 0.05) is 18.3 Å². The Labute approximate surface area is 155 Å². The molecule has 1 aromatic heterocycles. The molecule has 0 fully saturated rings. The summed E-state index contributed by atoms with van der Waals surface area (Å²) in [6.45, 7) is 0. The maximum absolute atomic E-state index is 13.1. The molecule has 3 aromatic rings. The van der Waals surface area contributed by atoms with Gasteiger partial charge in [0.25, 0.3) is 5.91 Å². The molecule has 0 aliphatic rings. The minimum atomic E-state index is -3.42. The van der Waals surface area contributed by atoms with Gasteiger partial charge in [-0.1, -0.05) is 6.07 Å². The first-order valence-corrected chi connectivity index (χ1v) is 9.79. The molecule has 0 spiro atoms. The second-order valence-electron chi connectivity index (χ2n) is 5.95. The van der Waals surface area contributed by atoms with Gasteiger partial charge in [-0.2, -0.15) is 5.10 Å². The van der Waals surface area contributed by atoms with Crippen LogP contribution < -0.4 is 10.0 Å². The van der Waals surface area contributed by atoms with Gasteiger partial charge in [0.05, 0.1) is 17.6 Å². The summed E-state index contributed by atoms with van der Waals surface area (Å²) in [4.78, 5) is 12.6. The molecule has 1 amide bonds. The fourth-order valence-corrected chi connectivity index (χ4v) is 3.07. The number of carbonyl (C=O) groups excluding carboxylic acids is 1. The lowest BCUT2D eigenvalue weighted by Crippen LogP contribution is -2.16. The largest absolute Gasteiger partial charge is 0.321 e. The van der Waals surface area contributed by atoms with Crippen molar-refractivity contribution < 1.29 is 17.6 Å². The van der Waals surface area contributed by atoms with E-state index in [0.29, 0.717) is 28.3 Å². The Morgan fingerprint density at radius 2 is 1.74 bits per heavy atom. The predicted octanol–water partition coefficient (Wildman–Crippen LogP) is 2.85. The molecule has 0 bridgehead atoms. The summed E-state index contributed by atoms with van der Waals surface area (Å²) in [5, 5.41) is 6.99. The van der Waals surface area contributed by atoms with Gasteiger partial charge in [-0.15, -0.1) is 0 Å². The molecule has 7 nitrogen and oxygen atoms in total. The lowest BCUT2D eigenvalue weighted by atomic mass is 10.1. The molecule has 140 valence electrons. The zero-order valence-electron chi connectivity index (χ0n) is 14.6. The summed E-state index contributed by atoms with van der Waals surface area (Å²) in [6.07, 6.45) is 1.05. The van der Waals surface area contributed by atoms with E-state index in [2.05, 4.69) is 15.1 Å². The van der Waals surface area contributed by atoms with E-state index in [1.54, 1.807) is 43.4 Å². The number of benzene rings is 2. The third kappa shape index (κ3) is 4.70. The number of halogens is 1. The Morgan fingerprint density at radius 1 is 1.07 bits per heavy atom. The molecule has 0 saturated heterocycles. The highest BCUT2D eigenvalue weighted by Gasteiger charge is 2.15. The zero-order valence-corrected chi connectivity index (χ0v) is 15.4. The highest BCUT2D eigenvalue weighted by atomic mass is 32.2. The monoisotopic (exact) mass is 388 g/mol. The molecule has 1 heterocycles. The molecule has 0 saturated carbocycles. The highest BCUT2D eigenvalue weighted by molar-refractivity contribution is 7.92. The third-order valence-electron chi connectivity index (χ3n) is 3.68. The molecule has 0 atom stereocenters. The van der Waals surface area contributed by atoms with Crippen LogP contribution in [0.15, 0.2) is 54.6 Å². The zero-order chi connectivity index (χ0) is 19.6. The van der Waals surface area contributed by atoms with Crippen molar-refractivity contribution >= 4 is 27.3 Å². The SMILES string of the molecule is Cn1nc(-c2ccc(F)cc2)cc1C(=O)Nc1cccc(NS(C)(=O)=O)c1. The van der Waals surface area contributed by atoms with Crippen molar-refractivity contribution in [3.8, 4) is 11.3 Å². The van der Waals surface area contributed by atoms with Gasteiger partial charge in [0.15, 0.2) is 0 Å². The normalized spacial score (nSPS) is 11.2. The standard InChI is InChI=1S/C18H17FN4O3S/c1-23-17(11-16(21-23)12-6-8-13(19)9-7-12)18(24)20-14-4-3-5-15(10-14)22-27(2,25)26/h3-11,22H,1-2H3,(H,20,24). The molecular weight excluding hydrogens is 371 g/mol. The van der Waals surface area contributed by atoms with E-state index in [0.717, 1.165) is 6.26 Å². The molecule has 2 aromatic carbocycles. The quantitative estimate of drug-likeness (QED) is 0.703. The summed E-state index contributed by atoms with van der Waals surface area (Å²) in [5.41, 5.74) is 2.29. The summed E-state index contributed by atoms with van der Waals surface area (Å²) >= 11 is 0. The first-order valence-electron chi connectivity index (χ1n) is 7.90. The predicted molar refractivity (Wildman–Crippen MR) is 101 cm³/mol. The smallest absolute Gasteiger partial charge is 0.273 e. The Morgan fingerprint density at radius 3 is 2.41 bits per heavy atom. The van der Waals surface area contributed by atoms with Crippen molar-refractivity contribution in [3.63, 3.8) is 0 Å². The lowest BCUT2D eigenvalue weighted by molar-refractivity contribution is 0.101. The number of nitrogens with zero attached hydrogens (tertiary/aromatic N) is 2. The number of aryl methyl sites for hydroxylation is 1. The molecule has 27 heavy (non-hydrogen) atoms. The molecule has 9 heteroatoms. The van der Waals surface area contributed by atoms with E-state index in [1.165, 1.54) is 22.9 Å². The van der Waals surface area contributed by atoms with E-state index in [-0.39, 0.29) is 5.82 Å². The number of sulfonamides is 1. The number of hydrogen-bond acceptors (Lipinski definition) is 4. The molecular formula is C18H17FN4O3S. The average molecular weight is 388 g/mol. The van der Waals surface area contributed by atoms with Gasteiger partial charge in [-0.3, -0.25) is 14.2 Å². The van der Waals surface area contributed by atoms with E-state index >= 15 is 0 Å². The second-order valence-corrected chi connectivity index (χ2v) is 7.70. The Bertz CT molecular complexity index is 1090. The van der Waals surface area contributed by atoms with Crippen LogP contribution in [0, 0.1) is 5.82 Å². The molecule has 0 radical (unpaired) electrons. The van der Waals surface area contributed by atoms with Crippen molar-refractivity contribution in [2.24, 2.45) is 7.05 Å². The maximum Gasteiger partial charge on any atom is 0.273 e. The first-order chi connectivity index (χ1) is 12.7.